The number of esters is 1. The van der Waals surface area contributed by atoms with E-state index >= 15 is 0 Å². The van der Waals surface area contributed by atoms with Gasteiger partial charge in [-0.2, -0.15) is 0 Å². The summed E-state index contributed by atoms with van der Waals surface area (Å²) in [6, 6.07) is 18.6. The minimum absolute atomic E-state index is 0.00746. The van der Waals surface area contributed by atoms with Crippen LogP contribution in [0.3, 0.4) is 0 Å². The number of hydrogen-bond acceptors (Lipinski definition) is 6. The lowest BCUT2D eigenvalue weighted by atomic mass is 9.86. The standard InChI is InChI=1S/C29H21FN2O5/c30-21-13-11-19(12-14-21)26(33)17-37-29(34)27-23-8-1-2-10-25(23)31-28-20(6-4-9-24(27)28)15-18-5-3-7-22(16-18)32(35)36/h1-3,5,7-8,10-16H,4,6,9,17H2. The van der Waals surface area contributed by atoms with Crippen LogP contribution >= 0.6 is 0 Å². The van der Waals surface area contributed by atoms with Crippen LogP contribution in [0.1, 0.15) is 50.4 Å². The summed E-state index contributed by atoms with van der Waals surface area (Å²) in [6.07, 6.45) is 3.90. The van der Waals surface area contributed by atoms with E-state index in [0.29, 0.717) is 40.6 Å². The molecule has 0 saturated heterocycles. The Kier molecular flexibility index (Phi) is 6.55. The third kappa shape index (κ3) is 4.99. The zero-order chi connectivity index (χ0) is 25.9. The second-order valence-electron chi connectivity index (χ2n) is 8.71. The lowest BCUT2D eigenvalue weighted by Crippen LogP contribution is -2.18. The zero-order valence-electron chi connectivity index (χ0n) is 19.6. The molecule has 7 nitrogen and oxygen atoms in total. The molecular formula is C29H21FN2O5. The maximum Gasteiger partial charge on any atom is 0.339 e. The minimum atomic E-state index is -0.637. The van der Waals surface area contributed by atoms with Crippen molar-refractivity contribution in [3.63, 3.8) is 0 Å². The van der Waals surface area contributed by atoms with Crippen LogP contribution in [0.4, 0.5) is 10.1 Å². The molecule has 0 saturated carbocycles. The molecule has 1 heterocycles. The molecule has 0 unspecified atom stereocenters. The van der Waals surface area contributed by atoms with Crippen molar-refractivity contribution in [3.05, 3.63) is 117 Å². The summed E-state index contributed by atoms with van der Waals surface area (Å²) >= 11 is 0. The van der Waals surface area contributed by atoms with E-state index in [1.807, 2.05) is 12.1 Å². The summed E-state index contributed by atoms with van der Waals surface area (Å²) in [4.78, 5) is 41.5. The van der Waals surface area contributed by atoms with Crippen molar-refractivity contribution < 1.29 is 23.6 Å². The quantitative estimate of drug-likeness (QED) is 0.136. The molecule has 0 amide bonds. The van der Waals surface area contributed by atoms with E-state index in [-0.39, 0.29) is 11.3 Å². The number of hydrogen-bond donors (Lipinski definition) is 0. The fourth-order valence-electron chi connectivity index (χ4n) is 4.56. The fraction of sp³-hybridized carbons (Fsp3) is 0.138. The highest BCUT2D eigenvalue weighted by Crippen LogP contribution is 2.36. The number of carbonyl (C=O) groups is 2. The van der Waals surface area contributed by atoms with E-state index in [2.05, 4.69) is 0 Å². The topological polar surface area (TPSA) is 99.4 Å². The lowest BCUT2D eigenvalue weighted by Gasteiger charge is -2.22. The van der Waals surface area contributed by atoms with Crippen LogP contribution in [0.2, 0.25) is 0 Å². The lowest BCUT2D eigenvalue weighted by molar-refractivity contribution is -0.384. The average Bonchev–Trinajstić information content (AvgIpc) is 2.91. The van der Waals surface area contributed by atoms with Gasteiger partial charge in [-0.05, 0) is 72.4 Å². The monoisotopic (exact) mass is 496 g/mol. The van der Waals surface area contributed by atoms with Crippen molar-refractivity contribution in [2.75, 3.05) is 6.61 Å². The number of pyridine rings is 1. The van der Waals surface area contributed by atoms with E-state index in [9.17, 15) is 24.1 Å². The van der Waals surface area contributed by atoms with Crippen LogP contribution in [-0.4, -0.2) is 28.3 Å². The SMILES string of the molecule is O=C(COC(=O)c1c2c(nc3ccccc13)C(=Cc1cccc([N+](=O)[O-])c1)CCC2)c1ccc(F)cc1. The van der Waals surface area contributed by atoms with Crippen molar-refractivity contribution in [2.24, 2.45) is 0 Å². The van der Waals surface area contributed by atoms with Gasteiger partial charge in [-0.1, -0.05) is 30.3 Å². The predicted molar refractivity (Wildman–Crippen MR) is 137 cm³/mol. The third-order valence-electron chi connectivity index (χ3n) is 6.30. The molecule has 4 aromatic rings. The van der Waals surface area contributed by atoms with E-state index in [1.54, 1.807) is 30.3 Å². The average molecular weight is 496 g/mol. The number of Topliss-reactive ketones (excluding diaryl/α,β-unsaturated/α-hetero) is 1. The first-order valence-corrected chi connectivity index (χ1v) is 11.7. The summed E-state index contributed by atoms with van der Waals surface area (Å²) in [6.45, 7) is -0.480. The smallest absolute Gasteiger partial charge is 0.339 e. The molecule has 8 heteroatoms. The first-order valence-electron chi connectivity index (χ1n) is 11.7. The molecule has 0 fully saturated rings. The number of non-ortho nitro benzene ring substituents is 1. The molecule has 0 spiro atoms. The Morgan fingerprint density at radius 2 is 1.81 bits per heavy atom. The second-order valence-corrected chi connectivity index (χ2v) is 8.71. The highest BCUT2D eigenvalue weighted by atomic mass is 19.1. The molecule has 5 rings (SSSR count). The van der Waals surface area contributed by atoms with Crippen LogP contribution in [-0.2, 0) is 11.2 Å². The van der Waals surface area contributed by atoms with Gasteiger partial charge in [0.15, 0.2) is 12.4 Å². The number of ether oxygens (including phenoxy) is 1. The molecule has 3 aromatic carbocycles. The van der Waals surface area contributed by atoms with Crippen molar-refractivity contribution in [2.45, 2.75) is 19.3 Å². The third-order valence-corrected chi connectivity index (χ3v) is 6.30. The number of fused-ring (bicyclic) bond motifs is 2. The van der Waals surface area contributed by atoms with Gasteiger partial charge in [0, 0.05) is 23.1 Å². The summed E-state index contributed by atoms with van der Waals surface area (Å²) in [5.74, 6) is -1.54. The second kappa shape index (κ2) is 10.1. The van der Waals surface area contributed by atoms with Crippen molar-refractivity contribution in [1.82, 2.24) is 4.98 Å². The van der Waals surface area contributed by atoms with Crippen molar-refractivity contribution in [3.8, 4) is 0 Å². The van der Waals surface area contributed by atoms with Gasteiger partial charge >= 0.3 is 5.97 Å². The number of nitro benzene ring substituents is 1. The Morgan fingerprint density at radius 3 is 2.59 bits per heavy atom. The van der Waals surface area contributed by atoms with Crippen LogP contribution < -0.4 is 0 Å². The van der Waals surface area contributed by atoms with Gasteiger partial charge in [0.1, 0.15) is 5.82 Å². The normalized spacial score (nSPS) is 13.8. The largest absolute Gasteiger partial charge is 0.454 e. The molecule has 0 N–H and O–H groups in total. The number of allylic oxidation sites excluding steroid dienone is 1. The Hall–Kier alpha value is -4.72. The van der Waals surface area contributed by atoms with Gasteiger partial charge in [-0.25, -0.2) is 14.2 Å². The molecule has 0 atom stereocenters. The highest BCUT2D eigenvalue weighted by Gasteiger charge is 2.26. The fourth-order valence-corrected chi connectivity index (χ4v) is 4.56. The highest BCUT2D eigenvalue weighted by molar-refractivity contribution is 6.08. The number of halogens is 1. The molecule has 0 aliphatic heterocycles. The maximum absolute atomic E-state index is 13.3. The Labute approximate surface area is 211 Å². The van der Waals surface area contributed by atoms with E-state index < -0.39 is 29.1 Å². The van der Waals surface area contributed by atoms with E-state index in [4.69, 9.17) is 9.72 Å². The predicted octanol–water partition coefficient (Wildman–Crippen LogP) is 6.20. The van der Waals surface area contributed by atoms with Gasteiger partial charge in [-0.15, -0.1) is 0 Å². The Bertz CT molecular complexity index is 1580. The van der Waals surface area contributed by atoms with Crippen LogP contribution in [0, 0.1) is 15.9 Å². The molecule has 37 heavy (non-hydrogen) atoms. The van der Waals surface area contributed by atoms with E-state index in [0.717, 1.165) is 17.6 Å². The molecule has 0 bridgehead atoms. The minimum Gasteiger partial charge on any atom is -0.454 e. The molecule has 1 aliphatic rings. The molecule has 184 valence electrons. The molecular weight excluding hydrogens is 475 g/mol. The summed E-state index contributed by atoms with van der Waals surface area (Å²) in [5, 5.41) is 11.8. The number of benzene rings is 3. The van der Waals surface area contributed by atoms with Gasteiger partial charge in [0.05, 0.1) is 21.7 Å². The summed E-state index contributed by atoms with van der Waals surface area (Å²) in [7, 11) is 0. The number of nitrogens with zero attached hydrogens (tertiary/aromatic N) is 2. The summed E-state index contributed by atoms with van der Waals surface area (Å²) < 4.78 is 18.6. The van der Waals surface area contributed by atoms with Crippen molar-refractivity contribution in [1.29, 1.82) is 0 Å². The number of nitro groups is 1. The first kappa shape index (κ1) is 24.0. The van der Waals surface area contributed by atoms with Crippen LogP contribution in [0.25, 0.3) is 22.6 Å². The summed E-state index contributed by atoms with van der Waals surface area (Å²) in [5.41, 5.74) is 4.10. The molecule has 1 aliphatic carbocycles. The first-order chi connectivity index (χ1) is 17.9. The number of aromatic nitrogens is 1. The van der Waals surface area contributed by atoms with Crippen LogP contribution in [0.5, 0.6) is 0 Å². The zero-order valence-corrected chi connectivity index (χ0v) is 19.6. The number of ketones is 1. The van der Waals surface area contributed by atoms with E-state index in [1.165, 1.54) is 36.4 Å². The number of carbonyl (C=O) groups excluding carboxylic acids is 2. The maximum atomic E-state index is 13.3. The van der Waals surface area contributed by atoms with Gasteiger partial charge in [0.2, 0.25) is 0 Å². The number of para-hydroxylation sites is 1. The van der Waals surface area contributed by atoms with Crippen molar-refractivity contribution >= 4 is 40.0 Å². The van der Waals surface area contributed by atoms with Gasteiger partial charge < -0.3 is 4.74 Å². The van der Waals surface area contributed by atoms with Crippen LogP contribution in [0.15, 0.2) is 72.8 Å². The molecule has 0 radical (unpaired) electrons. The van der Waals surface area contributed by atoms with Gasteiger partial charge in [0.25, 0.3) is 5.69 Å². The number of rotatable bonds is 6. The molecule has 1 aromatic heterocycles. The van der Waals surface area contributed by atoms with Gasteiger partial charge in [-0.3, -0.25) is 14.9 Å². The Balaban J connectivity index is 1.52. The Morgan fingerprint density at radius 1 is 1.03 bits per heavy atom.